The molecule has 0 amide bonds. The lowest BCUT2D eigenvalue weighted by atomic mass is 9.96. The summed E-state index contributed by atoms with van der Waals surface area (Å²) in [5.74, 6) is 0.939. The van der Waals surface area contributed by atoms with E-state index < -0.39 is 0 Å². The van der Waals surface area contributed by atoms with Crippen LogP contribution in [-0.4, -0.2) is 18.3 Å². The normalized spacial score (nSPS) is 23.8. The van der Waals surface area contributed by atoms with Crippen molar-refractivity contribution < 1.29 is 9.47 Å². The zero-order valence-electron chi connectivity index (χ0n) is 15.2. The fourth-order valence-corrected chi connectivity index (χ4v) is 2.98. The molecular weight excluding hydrogens is 284 g/mol. The van der Waals surface area contributed by atoms with Crippen LogP contribution in [0.15, 0.2) is 35.9 Å². The first kappa shape index (κ1) is 18.1. The Morgan fingerprint density at radius 1 is 1.26 bits per heavy atom. The summed E-state index contributed by atoms with van der Waals surface area (Å²) in [6.07, 6.45) is 10.00. The molecule has 23 heavy (non-hydrogen) atoms. The van der Waals surface area contributed by atoms with Crippen molar-refractivity contribution in [2.24, 2.45) is 0 Å². The second-order valence-corrected chi connectivity index (χ2v) is 7.09. The molecule has 1 aliphatic heterocycles. The molecule has 0 saturated carbocycles. The number of rotatable bonds is 10. The SMILES string of the molecule is CCCCCC1(C)OC1CCC(C)=CCOc1ccc(C)cc1. The van der Waals surface area contributed by atoms with Crippen molar-refractivity contribution in [1.29, 1.82) is 0 Å². The minimum absolute atomic E-state index is 0.161. The number of hydrogen-bond acceptors (Lipinski definition) is 2. The first-order valence-electron chi connectivity index (χ1n) is 9.06. The van der Waals surface area contributed by atoms with E-state index in [9.17, 15) is 0 Å². The van der Waals surface area contributed by atoms with Crippen LogP contribution < -0.4 is 4.74 Å². The van der Waals surface area contributed by atoms with Crippen LogP contribution in [0.1, 0.15) is 64.9 Å². The van der Waals surface area contributed by atoms with E-state index in [1.54, 1.807) is 0 Å². The van der Waals surface area contributed by atoms with Gasteiger partial charge in [0.2, 0.25) is 0 Å². The predicted octanol–water partition coefficient (Wildman–Crippen LogP) is 5.84. The molecule has 2 rings (SSSR count). The Labute approximate surface area is 141 Å². The summed E-state index contributed by atoms with van der Waals surface area (Å²) in [6.45, 7) is 9.45. The quantitative estimate of drug-likeness (QED) is 0.307. The molecule has 1 heterocycles. The van der Waals surface area contributed by atoms with E-state index in [2.05, 4.69) is 45.9 Å². The number of hydrogen-bond donors (Lipinski definition) is 0. The third-order valence-corrected chi connectivity index (χ3v) is 4.82. The van der Waals surface area contributed by atoms with Crippen molar-refractivity contribution in [2.45, 2.75) is 77.9 Å². The van der Waals surface area contributed by atoms with Crippen LogP contribution in [0.3, 0.4) is 0 Å². The monoisotopic (exact) mass is 316 g/mol. The van der Waals surface area contributed by atoms with Gasteiger partial charge in [0.25, 0.3) is 0 Å². The van der Waals surface area contributed by atoms with Crippen molar-refractivity contribution in [3.05, 3.63) is 41.5 Å². The lowest BCUT2D eigenvalue weighted by Gasteiger charge is -2.06. The molecule has 1 fully saturated rings. The Kier molecular flexibility index (Phi) is 6.71. The number of aryl methyl sites for hydroxylation is 1. The molecule has 0 bridgehead atoms. The minimum atomic E-state index is 0.161. The van der Waals surface area contributed by atoms with E-state index in [-0.39, 0.29) is 5.60 Å². The van der Waals surface area contributed by atoms with E-state index in [4.69, 9.17) is 9.47 Å². The highest BCUT2D eigenvalue weighted by molar-refractivity contribution is 5.26. The van der Waals surface area contributed by atoms with Gasteiger partial charge in [-0.25, -0.2) is 0 Å². The van der Waals surface area contributed by atoms with Crippen LogP contribution in [0.5, 0.6) is 5.75 Å². The number of benzene rings is 1. The second-order valence-electron chi connectivity index (χ2n) is 7.09. The van der Waals surface area contributed by atoms with Crippen LogP contribution in [0, 0.1) is 6.92 Å². The lowest BCUT2D eigenvalue weighted by Crippen LogP contribution is -2.09. The molecule has 1 aromatic carbocycles. The molecule has 1 saturated heterocycles. The largest absolute Gasteiger partial charge is 0.490 e. The van der Waals surface area contributed by atoms with E-state index in [1.165, 1.54) is 36.8 Å². The Hall–Kier alpha value is -1.28. The summed E-state index contributed by atoms with van der Waals surface area (Å²) in [5.41, 5.74) is 2.81. The average Bonchev–Trinajstić information content (AvgIpc) is 3.18. The summed E-state index contributed by atoms with van der Waals surface area (Å²) in [6, 6.07) is 8.21. The fraction of sp³-hybridized carbons (Fsp3) is 0.619. The van der Waals surface area contributed by atoms with Crippen molar-refractivity contribution in [1.82, 2.24) is 0 Å². The highest BCUT2D eigenvalue weighted by atomic mass is 16.6. The average molecular weight is 316 g/mol. The molecule has 1 aromatic rings. The predicted molar refractivity (Wildman–Crippen MR) is 97.1 cm³/mol. The molecule has 2 unspecified atom stereocenters. The maximum absolute atomic E-state index is 5.93. The van der Waals surface area contributed by atoms with Crippen molar-refractivity contribution in [3.8, 4) is 5.75 Å². The summed E-state index contributed by atoms with van der Waals surface area (Å²) in [4.78, 5) is 0. The second kappa shape index (κ2) is 8.54. The van der Waals surface area contributed by atoms with Gasteiger partial charge >= 0.3 is 0 Å². The molecule has 2 heteroatoms. The van der Waals surface area contributed by atoms with E-state index in [0.717, 1.165) is 18.6 Å². The standard InChI is InChI=1S/C21H32O2/c1-5-6-7-15-21(4)20(23-21)13-10-18(3)14-16-22-19-11-8-17(2)9-12-19/h8-9,11-12,14,20H,5-7,10,13,15-16H2,1-4H3. The van der Waals surface area contributed by atoms with Gasteiger partial charge in [-0.05, 0) is 58.2 Å². The smallest absolute Gasteiger partial charge is 0.119 e. The van der Waals surface area contributed by atoms with Crippen molar-refractivity contribution in [3.63, 3.8) is 0 Å². The van der Waals surface area contributed by atoms with Gasteiger partial charge in [-0.2, -0.15) is 0 Å². The highest BCUT2D eigenvalue weighted by Gasteiger charge is 2.50. The van der Waals surface area contributed by atoms with Gasteiger partial charge in [-0.15, -0.1) is 0 Å². The number of ether oxygens (including phenoxy) is 2. The molecule has 0 aliphatic carbocycles. The van der Waals surface area contributed by atoms with Crippen molar-refractivity contribution in [2.75, 3.05) is 6.61 Å². The first-order chi connectivity index (χ1) is 11.0. The Morgan fingerprint density at radius 3 is 2.70 bits per heavy atom. The van der Waals surface area contributed by atoms with Gasteiger partial charge in [0.05, 0.1) is 11.7 Å². The zero-order chi connectivity index (χ0) is 16.7. The van der Waals surface area contributed by atoms with Gasteiger partial charge in [0.15, 0.2) is 0 Å². The molecular formula is C21H32O2. The van der Waals surface area contributed by atoms with Crippen LogP contribution >= 0.6 is 0 Å². The van der Waals surface area contributed by atoms with Gasteiger partial charge in [0, 0.05) is 0 Å². The molecule has 0 aromatic heterocycles. The molecule has 0 radical (unpaired) electrons. The van der Waals surface area contributed by atoms with E-state index in [0.29, 0.717) is 12.7 Å². The zero-order valence-corrected chi connectivity index (χ0v) is 15.2. The molecule has 2 atom stereocenters. The van der Waals surface area contributed by atoms with Crippen LogP contribution in [0.2, 0.25) is 0 Å². The van der Waals surface area contributed by atoms with Crippen LogP contribution in [-0.2, 0) is 4.74 Å². The van der Waals surface area contributed by atoms with Gasteiger partial charge in [0.1, 0.15) is 12.4 Å². The lowest BCUT2D eigenvalue weighted by molar-refractivity contribution is 0.288. The number of unbranched alkanes of at least 4 members (excludes halogenated alkanes) is 2. The maximum Gasteiger partial charge on any atom is 0.119 e. The van der Waals surface area contributed by atoms with Crippen molar-refractivity contribution >= 4 is 0 Å². The summed E-state index contributed by atoms with van der Waals surface area (Å²) in [7, 11) is 0. The highest BCUT2D eigenvalue weighted by Crippen LogP contribution is 2.43. The third kappa shape index (κ3) is 6.02. The number of epoxide rings is 1. The Morgan fingerprint density at radius 2 is 2.00 bits per heavy atom. The first-order valence-corrected chi connectivity index (χ1v) is 9.06. The maximum atomic E-state index is 5.93. The molecule has 128 valence electrons. The van der Waals surface area contributed by atoms with Crippen LogP contribution in [0.4, 0.5) is 0 Å². The summed E-state index contributed by atoms with van der Waals surface area (Å²) in [5, 5.41) is 0. The summed E-state index contributed by atoms with van der Waals surface area (Å²) < 4.78 is 11.7. The molecule has 0 N–H and O–H groups in total. The van der Waals surface area contributed by atoms with Gasteiger partial charge < -0.3 is 9.47 Å². The van der Waals surface area contributed by atoms with Crippen LogP contribution in [0.25, 0.3) is 0 Å². The van der Waals surface area contributed by atoms with E-state index in [1.807, 2.05) is 12.1 Å². The fourth-order valence-electron chi connectivity index (χ4n) is 2.98. The minimum Gasteiger partial charge on any atom is -0.490 e. The molecule has 2 nitrogen and oxygen atoms in total. The van der Waals surface area contributed by atoms with Gasteiger partial charge in [-0.3, -0.25) is 0 Å². The molecule has 1 aliphatic rings. The number of allylic oxidation sites excluding steroid dienone is 1. The Balaban J connectivity index is 1.63. The topological polar surface area (TPSA) is 21.8 Å². The summed E-state index contributed by atoms with van der Waals surface area (Å²) >= 11 is 0. The van der Waals surface area contributed by atoms with E-state index >= 15 is 0 Å². The Bertz CT molecular complexity index is 503. The third-order valence-electron chi connectivity index (χ3n) is 4.82. The van der Waals surface area contributed by atoms with Gasteiger partial charge in [-0.1, -0.05) is 49.5 Å². The molecule has 0 spiro atoms.